The Labute approximate surface area is 164 Å². The van der Waals surface area contributed by atoms with Crippen LogP contribution in [0, 0.1) is 5.82 Å². The van der Waals surface area contributed by atoms with Gasteiger partial charge in [-0.05, 0) is 42.5 Å². The van der Waals surface area contributed by atoms with Crippen LogP contribution in [0.2, 0.25) is 0 Å². The SMILES string of the molecule is COc1ccc(C[NH+](C)CC(=O)N2CCN(c3ccc(O)cc3)CC2)cc1F. The Kier molecular flexibility index (Phi) is 6.36. The number of methoxy groups -OCH3 is 1. The number of hydrogen-bond acceptors (Lipinski definition) is 4. The minimum absolute atomic E-state index is 0.108. The van der Waals surface area contributed by atoms with Crippen molar-refractivity contribution in [3.05, 3.63) is 53.8 Å². The van der Waals surface area contributed by atoms with Gasteiger partial charge >= 0.3 is 0 Å². The van der Waals surface area contributed by atoms with Gasteiger partial charge in [0.25, 0.3) is 5.91 Å². The number of carbonyl (C=O) groups is 1. The molecule has 2 N–H and O–H groups in total. The molecule has 1 unspecified atom stereocenters. The molecule has 3 rings (SSSR count). The number of phenolic OH excluding ortho intramolecular Hbond substituents is 1. The summed E-state index contributed by atoms with van der Waals surface area (Å²) in [6.45, 7) is 3.81. The Bertz CT molecular complexity index is 805. The molecule has 0 spiro atoms. The molecule has 28 heavy (non-hydrogen) atoms. The van der Waals surface area contributed by atoms with Crippen molar-refractivity contribution in [3.8, 4) is 11.5 Å². The molecule has 1 saturated heterocycles. The van der Waals surface area contributed by atoms with Crippen molar-refractivity contribution in [1.82, 2.24) is 4.90 Å². The lowest BCUT2D eigenvalue weighted by Gasteiger charge is -2.36. The summed E-state index contributed by atoms with van der Waals surface area (Å²) >= 11 is 0. The average Bonchev–Trinajstić information content (AvgIpc) is 2.69. The van der Waals surface area contributed by atoms with Crippen LogP contribution in [0.25, 0.3) is 0 Å². The van der Waals surface area contributed by atoms with Gasteiger partial charge in [-0.25, -0.2) is 4.39 Å². The number of carbonyl (C=O) groups excluding carboxylic acids is 1. The van der Waals surface area contributed by atoms with E-state index in [-0.39, 0.29) is 23.2 Å². The Hall–Kier alpha value is -2.80. The number of hydrogen-bond donors (Lipinski definition) is 2. The van der Waals surface area contributed by atoms with E-state index in [2.05, 4.69) is 4.90 Å². The molecule has 0 radical (unpaired) electrons. The molecule has 2 aromatic rings. The Morgan fingerprint density at radius 3 is 2.43 bits per heavy atom. The highest BCUT2D eigenvalue weighted by atomic mass is 19.1. The lowest BCUT2D eigenvalue weighted by Crippen LogP contribution is -3.09. The quantitative estimate of drug-likeness (QED) is 0.772. The van der Waals surface area contributed by atoms with Crippen molar-refractivity contribution in [2.24, 2.45) is 0 Å². The van der Waals surface area contributed by atoms with Crippen LogP contribution in [0.15, 0.2) is 42.5 Å². The molecule has 1 fully saturated rings. The second-order valence-electron chi connectivity index (χ2n) is 7.16. The molecule has 0 aromatic heterocycles. The number of likely N-dealkylation sites (N-methyl/N-ethyl adjacent to an activating group) is 1. The highest BCUT2D eigenvalue weighted by molar-refractivity contribution is 5.77. The lowest BCUT2D eigenvalue weighted by molar-refractivity contribution is -0.885. The smallest absolute Gasteiger partial charge is 0.277 e. The Morgan fingerprint density at radius 1 is 1.14 bits per heavy atom. The predicted octanol–water partition coefficient (Wildman–Crippen LogP) is 0.903. The Morgan fingerprint density at radius 2 is 1.82 bits per heavy atom. The average molecular weight is 388 g/mol. The number of halogens is 1. The van der Waals surface area contributed by atoms with E-state index in [4.69, 9.17) is 4.74 Å². The van der Waals surface area contributed by atoms with E-state index in [1.165, 1.54) is 13.2 Å². The minimum Gasteiger partial charge on any atom is -0.508 e. The van der Waals surface area contributed by atoms with Crippen LogP contribution in [-0.4, -0.2) is 62.8 Å². The first-order chi connectivity index (χ1) is 13.5. The number of rotatable bonds is 6. The third kappa shape index (κ3) is 4.92. The van der Waals surface area contributed by atoms with Gasteiger partial charge in [-0.2, -0.15) is 0 Å². The number of nitrogens with zero attached hydrogens (tertiary/aromatic N) is 2. The number of aromatic hydroxyl groups is 1. The van der Waals surface area contributed by atoms with Gasteiger partial charge < -0.3 is 24.5 Å². The van der Waals surface area contributed by atoms with Crippen molar-refractivity contribution in [1.29, 1.82) is 0 Å². The summed E-state index contributed by atoms with van der Waals surface area (Å²) < 4.78 is 18.8. The number of phenols is 1. The molecular formula is C21H27FN3O3+. The van der Waals surface area contributed by atoms with E-state index in [9.17, 15) is 14.3 Å². The number of anilines is 1. The summed E-state index contributed by atoms with van der Waals surface area (Å²) in [5.74, 6) is 0.200. The third-order valence-corrected chi connectivity index (χ3v) is 5.02. The van der Waals surface area contributed by atoms with Gasteiger partial charge in [0.05, 0.1) is 14.2 Å². The maximum Gasteiger partial charge on any atom is 0.277 e. The van der Waals surface area contributed by atoms with E-state index < -0.39 is 0 Å². The number of amides is 1. The van der Waals surface area contributed by atoms with Gasteiger partial charge in [0.1, 0.15) is 12.3 Å². The standard InChI is InChI=1S/C21H26FN3O3/c1-23(14-16-3-8-20(28-2)19(22)13-16)15-21(27)25-11-9-24(10-12-25)17-4-6-18(26)7-5-17/h3-8,13,26H,9-12,14-15H2,1-2H3/p+1. The van der Waals surface area contributed by atoms with Crippen LogP contribution in [-0.2, 0) is 11.3 Å². The van der Waals surface area contributed by atoms with E-state index in [0.717, 1.165) is 29.2 Å². The summed E-state index contributed by atoms with van der Waals surface area (Å²) in [5.41, 5.74) is 1.88. The van der Waals surface area contributed by atoms with Gasteiger partial charge in [0.15, 0.2) is 18.1 Å². The van der Waals surface area contributed by atoms with Crippen LogP contribution in [0.4, 0.5) is 10.1 Å². The van der Waals surface area contributed by atoms with Gasteiger partial charge in [-0.3, -0.25) is 4.79 Å². The Balaban J connectivity index is 1.48. The van der Waals surface area contributed by atoms with Crippen molar-refractivity contribution >= 4 is 11.6 Å². The molecule has 0 bridgehead atoms. The molecular weight excluding hydrogens is 361 g/mol. The summed E-state index contributed by atoms with van der Waals surface area (Å²) in [7, 11) is 3.38. The molecule has 6 nitrogen and oxygen atoms in total. The molecule has 1 aliphatic heterocycles. The lowest BCUT2D eigenvalue weighted by atomic mass is 10.2. The van der Waals surface area contributed by atoms with Crippen LogP contribution in [0.1, 0.15) is 5.56 Å². The van der Waals surface area contributed by atoms with Crippen molar-refractivity contribution in [3.63, 3.8) is 0 Å². The second kappa shape index (κ2) is 8.93. The van der Waals surface area contributed by atoms with E-state index in [1.807, 2.05) is 30.1 Å². The fourth-order valence-electron chi connectivity index (χ4n) is 3.48. The molecule has 150 valence electrons. The molecule has 0 aliphatic carbocycles. The van der Waals surface area contributed by atoms with Crippen LogP contribution < -0.4 is 14.5 Å². The van der Waals surface area contributed by atoms with E-state index >= 15 is 0 Å². The van der Waals surface area contributed by atoms with Gasteiger partial charge in [-0.15, -0.1) is 0 Å². The predicted molar refractivity (Wildman–Crippen MR) is 105 cm³/mol. The monoisotopic (exact) mass is 388 g/mol. The fourth-order valence-corrected chi connectivity index (χ4v) is 3.48. The first kappa shape index (κ1) is 19.9. The number of benzene rings is 2. The van der Waals surface area contributed by atoms with Crippen LogP contribution >= 0.6 is 0 Å². The summed E-state index contributed by atoms with van der Waals surface area (Å²) in [5, 5.41) is 9.40. The molecule has 1 heterocycles. The summed E-state index contributed by atoms with van der Waals surface area (Å²) in [4.78, 5) is 17.7. The van der Waals surface area contributed by atoms with Gasteiger partial charge in [0.2, 0.25) is 0 Å². The first-order valence-electron chi connectivity index (χ1n) is 9.41. The minimum atomic E-state index is -0.385. The first-order valence-corrected chi connectivity index (χ1v) is 9.41. The summed E-state index contributed by atoms with van der Waals surface area (Å²) in [6.07, 6.45) is 0. The largest absolute Gasteiger partial charge is 0.508 e. The van der Waals surface area contributed by atoms with Crippen molar-refractivity contribution in [2.75, 3.05) is 51.8 Å². The fraction of sp³-hybridized carbons (Fsp3) is 0.381. The molecule has 7 heteroatoms. The highest BCUT2D eigenvalue weighted by Crippen LogP contribution is 2.20. The normalized spacial score (nSPS) is 15.4. The van der Waals surface area contributed by atoms with Gasteiger partial charge in [-0.1, -0.05) is 0 Å². The van der Waals surface area contributed by atoms with Crippen LogP contribution in [0.3, 0.4) is 0 Å². The molecule has 0 saturated carbocycles. The zero-order chi connectivity index (χ0) is 20.1. The van der Waals surface area contributed by atoms with Crippen molar-refractivity contribution < 1.29 is 23.9 Å². The summed E-state index contributed by atoms with van der Waals surface area (Å²) in [6, 6.07) is 12.0. The van der Waals surface area contributed by atoms with E-state index in [1.54, 1.807) is 18.2 Å². The molecule has 1 aliphatic rings. The van der Waals surface area contributed by atoms with Gasteiger partial charge in [0, 0.05) is 37.4 Å². The zero-order valence-electron chi connectivity index (χ0n) is 16.3. The molecule has 1 atom stereocenters. The molecule has 2 aromatic carbocycles. The maximum atomic E-state index is 13.8. The topological polar surface area (TPSA) is 57.5 Å². The second-order valence-corrected chi connectivity index (χ2v) is 7.16. The zero-order valence-corrected chi connectivity index (χ0v) is 16.3. The highest BCUT2D eigenvalue weighted by Gasteiger charge is 2.23. The number of nitrogens with one attached hydrogen (secondary N) is 1. The van der Waals surface area contributed by atoms with E-state index in [0.29, 0.717) is 26.2 Å². The van der Waals surface area contributed by atoms with Crippen molar-refractivity contribution in [2.45, 2.75) is 6.54 Å². The number of piperazine rings is 1. The van der Waals surface area contributed by atoms with Crippen LogP contribution in [0.5, 0.6) is 11.5 Å². The molecule has 1 amide bonds. The number of ether oxygens (including phenoxy) is 1. The third-order valence-electron chi connectivity index (χ3n) is 5.02. The number of quaternary nitrogens is 1. The maximum absolute atomic E-state index is 13.8.